The first kappa shape index (κ1) is 22.0. The average molecular weight is 402 g/mol. The van der Waals surface area contributed by atoms with Gasteiger partial charge in [-0.2, -0.15) is 0 Å². The zero-order valence-corrected chi connectivity index (χ0v) is 15.1. The lowest BCUT2D eigenvalue weighted by atomic mass is 10.0. The quantitative estimate of drug-likeness (QED) is 0.262. The van der Waals surface area contributed by atoms with Gasteiger partial charge in [-0.25, -0.2) is 26.3 Å². The Morgan fingerprint density at radius 2 is 0.893 bits per heavy atom. The number of halogens is 6. The molecule has 0 aliphatic rings. The van der Waals surface area contributed by atoms with E-state index in [1.165, 1.54) is 0 Å². The molecule has 0 amide bonds. The molecule has 2 rings (SSSR count). The number of hydrogen-bond donors (Lipinski definition) is 0. The van der Waals surface area contributed by atoms with E-state index in [2.05, 4.69) is 0 Å². The highest BCUT2D eigenvalue weighted by Crippen LogP contribution is 2.18. The van der Waals surface area contributed by atoms with Gasteiger partial charge in [-0.1, -0.05) is 0 Å². The van der Waals surface area contributed by atoms with E-state index in [1.807, 2.05) is 0 Å². The van der Waals surface area contributed by atoms with E-state index >= 15 is 0 Å². The first-order valence-corrected chi connectivity index (χ1v) is 9.06. The Balaban J connectivity index is 1.64. The largest absolute Gasteiger partial charge is 0.300 e. The van der Waals surface area contributed by atoms with Crippen molar-refractivity contribution in [3.05, 3.63) is 70.3 Å². The summed E-state index contributed by atoms with van der Waals surface area (Å²) in [6.07, 6.45) is 2.80. The van der Waals surface area contributed by atoms with Gasteiger partial charge in [0.2, 0.25) is 0 Å². The molecule has 0 radical (unpaired) electrons. The van der Waals surface area contributed by atoms with Gasteiger partial charge in [0, 0.05) is 25.0 Å². The monoisotopic (exact) mass is 402 g/mol. The van der Waals surface area contributed by atoms with Crippen LogP contribution in [0.2, 0.25) is 0 Å². The van der Waals surface area contributed by atoms with Gasteiger partial charge in [-0.05, 0) is 61.8 Å². The predicted molar refractivity (Wildman–Crippen MR) is 92.7 cm³/mol. The van der Waals surface area contributed by atoms with Gasteiger partial charge in [0.1, 0.15) is 17.4 Å². The Labute approximate surface area is 159 Å². The zero-order valence-electron chi connectivity index (χ0n) is 15.1. The topological polar surface area (TPSA) is 17.1 Å². The second-order valence-corrected chi connectivity index (χ2v) is 6.67. The molecule has 0 bridgehead atoms. The van der Waals surface area contributed by atoms with Crippen LogP contribution in [0.15, 0.2) is 24.3 Å². The Morgan fingerprint density at radius 1 is 0.536 bits per heavy atom. The Morgan fingerprint density at radius 3 is 1.29 bits per heavy atom. The maximum atomic E-state index is 13.5. The van der Waals surface area contributed by atoms with Crippen molar-refractivity contribution >= 4 is 5.78 Å². The van der Waals surface area contributed by atoms with E-state index in [0.29, 0.717) is 37.8 Å². The number of unbranched alkanes of at least 4 members (excludes halogenated alkanes) is 2. The van der Waals surface area contributed by atoms with Crippen LogP contribution in [0.3, 0.4) is 0 Å². The number of aryl methyl sites for hydroxylation is 2. The number of ketones is 1. The molecule has 0 fully saturated rings. The van der Waals surface area contributed by atoms with E-state index in [9.17, 15) is 31.1 Å². The van der Waals surface area contributed by atoms with Crippen molar-refractivity contribution in [3.63, 3.8) is 0 Å². The molecule has 0 N–H and O–H groups in total. The minimum atomic E-state index is -1.24. The molecule has 0 spiro atoms. The molecular formula is C21H20F6O. The van der Waals surface area contributed by atoms with Gasteiger partial charge >= 0.3 is 0 Å². The van der Waals surface area contributed by atoms with Crippen LogP contribution in [-0.2, 0) is 17.6 Å². The van der Waals surface area contributed by atoms with E-state index < -0.39 is 34.9 Å². The highest BCUT2D eigenvalue weighted by atomic mass is 19.2. The van der Waals surface area contributed by atoms with Crippen molar-refractivity contribution in [1.29, 1.82) is 0 Å². The molecule has 2 aromatic rings. The summed E-state index contributed by atoms with van der Waals surface area (Å²) >= 11 is 0. The number of carbonyl (C=O) groups is 1. The molecule has 28 heavy (non-hydrogen) atoms. The number of benzene rings is 2. The summed E-state index contributed by atoms with van der Waals surface area (Å²) < 4.78 is 78.9. The third kappa shape index (κ3) is 6.39. The molecule has 0 heterocycles. The summed E-state index contributed by atoms with van der Waals surface area (Å²) in [7, 11) is 0. The fourth-order valence-electron chi connectivity index (χ4n) is 2.91. The number of hydrogen-bond acceptors (Lipinski definition) is 1. The van der Waals surface area contributed by atoms with Crippen LogP contribution in [0.5, 0.6) is 0 Å². The molecule has 0 saturated carbocycles. The fraction of sp³-hybridized carbons (Fsp3) is 0.381. The van der Waals surface area contributed by atoms with Gasteiger partial charge in [0.25, 0.3) is 0 Å². The minimum absolute atomic E-state index is 0.0171. The molecule has 7 heteroatoms. The van der Waals surface area contributed by atoms with Gasteiger partial charge in [-0.3, -0.25) is 4.79 Å². The highest BCUT2D eigenvalue weighted by Gasteiger charge is 2.11. The molecule has 0 saturated heterocycles. The van der Waals surface area contributed by atoms with Gasteiger partial charge in [-0.15, -0.1) is 0 Å². The van der Waals surface area contributed by atoms with E-state index in [0.717, 1.165) is 12.1 Å². The summed E-state index contributed by atoms with van der Waals surface area (Å²) in [6.45, 7) is 0. The molecule has 2 aromatic carbocycles. The van der Waals surface area contributed by atoms with Crippen LogP contribution < -0.4 is 0 Å². The summed E-state index contributed by atoms with van der Waals surface area (Å²) in [5, 5.41) is 0. The van der Waals surface area contributed by atoms with Crippen LogP contribution in [0.1, 0.15) is 49.7 Å². The highest BCUT2D eigenvalue weighted by molar-refractivity contribution is 5.78. The van der Waals surface area contributed by atoms with E-state index in [1.54, 1.807) is 0 Å². The smallest absolute Gasteiger partial charge is 0.161 e. The van der Waals surface area contributed by atoms with Crippen molar-refractivity contribution in [2.45, 2.75) is 51.4 Å². The maximum Gasteiger partial charge on any atom is 0.161 e. The lowest BCUT2D eigenvalue weighted by Crippen LogP contribution is -2.01. The van der Waals surface area contributed by atoms with Gasteiger partial charge in [0.15, 0.2) is 23.3 Å². The summed E-state index contributed by atoms with van der Waals surface area (Å²) in [5.74, 6) is -6.32. The predicted octanol–water partition coefficient (Wildman–Crippen LogP) is 6.22. The minimum Gasteiger partial charge on any atom is -0.300 e. The van der Waals surface area contributed by atoms with E-state index in [4.69, 9.17) is 0 Å². The van der Waals surface area contributed by atoms with Gasteiger partial charge in [0.05, 0.1) is 0 Å². The molecular weight excluding hydrogens is 382 g/mol. The van der Waals surface area contributed by atoms with Crippen molar-refractivity contribution in [1.82, 2.24) is 0 Å². The molecule has 1 nitrogen and oxygen atoms in total. The van der Waals surface area contributed by atoms with Crippen molar-refractivity contribution in [2.75, 3.05) is 0 Å². The molecule has 0 atom stereocenters. The standard InChI is InChI=1S/C21H20F6O/c22-16-11-20(26)18(24)9-13(16)5-1-3-7-15(28)8-4-2-6-14-10-19(25)21(27)12-17(14)23/h9-12H,1-8H2. The fourth-order valence-corrected chi connectivity index (χ4v) is 2.91. The van der Waals surface area contributed by atoms with Gasteiger partial charge < -0.3 is 0 Å². The molecule has 0 unspecified atom stereocenters. The number of carbonyl (C=O) groups excluding carboxylic acids is 1. The van der Waals surface area contributed by atoms with Crippen LogP contribution in [0, 0.1) is 34.9 Å². The first-order chi connectivity index (χ1) is 13.3. The summed E-state index contributed by atoms with van der Waals surface area (Å²) in [5.41, 5.74) is 0.139. The average Bonchev–Trinajstić information content (AvgIpc) is 2.63. The summed E-state index contributed by atoms with van der Waals surface area (Å²) in [4.78, 5) is 11.8. The number of rotatable bonds is 10. The normalized spacial score (nSPS) is 11.1. The van der Waals surface area contributed by atoms with Crippen molar-refractivity contribution < 1.29 is 31.1 Å². The van der Waals surface area contributed by atoms with Crippen molar-refractivity contribution in [3.8, 4) is 0 Å². The lowest BCUT2D eigenvalue weighted by molar-refractivity contribution is -0.119. The van der Waals surface area contributed by atoms with Crippen LogP contribution in [0.25, 0.3) is 0 Å². The second kappa shape index (κ2) is 10.3. The van der Waals surface area contributed by atoms with Crippen LogP contribution in [-0.4, -0.2) is 5.78 Å². The molecule has 152 valence electrons. The second-order valence-electron chi connectivity index (χ2n) is 6.67. The Hall–Kier alpha value is -2.31. The SMILES string of the molecule is O=C(CCCCc1cc(F)c(F)cc1F)CCCCc1cc(F)c(F)cc1F. The Kier molecular flexibility index (Phi) is 8.08. The maximum absolute atomic E-state index is 13.5. The van der Waals surface area contributed by atoms with E-state index in [-0.39, 0.29) is 42.6 Å². The first-order valence-electron chi connectivity index (χ1n) is 9.06. The third-order valence-electron chi connectivity index (χ3n) is 4.48. The molecule has 0 aliphatic heterocycles. The third-order valence-corrected chi connectivity index (χ3v) is 4.48. The summed E-state index contributed by atoms with van der Waals surface area (Å²) in [6, 6.07) is 2.66. The van der Waals surface area contributed by atoms with Crippen LogP contribution in [0.4, 0.5) is 26.3 Å². The van der Waals surface area contributed by atoms with Crippen molar-refractivity contribution in [2.24, 2.45) is 0 Å². The molecule has 0 aliphatic carbocycles. The zero-order chi connectivity index (χ0) is 20.7. The Bertz CT molecular complexity index is 767. The van der Waals surface area contributed by atoms with Crippen LogP contribution >= 0.6 is 0 Å². The molecule has 0 aromatic heterocycles. The lowest BCUT2D eigenvalue weighted by Gasteiger charge is -2.06. The number of Topliss-reactive ketones (excluding diaryl/α,β-unsaturated/α-hetero) is 1.